The van der Waals surface area contributed by atoms with Crippen molar-refractivity contribution in [3.05, 3.63) is 90.2 Å². The molecule has 1 N–H and O–H groups in total. The first kappa shape index (κ1) is 23.4. The number of aryl methyl sites for hydroxylation is 1. The second-order valence-corrected chi connectivity index (χ2v) is 8.03. The van der Waals surface area contributed by atoms with Crippen molar-refractivity contribution in [1.29, 1.82) is 5.26 Å². The topological polar surface area (TPSA) is 101 Å². The molecule has 3 rings (SSSR count). The van der Waals surface area contributed by atoms with Gasteiger partial charge in [-0.1, -0.05) is 34.8 Å². The molecule has 7 nitrogen and oxygen atoms in total. The Kier molecular flexibility index (Phi) is 6.90. The number of nitrogens with zero attached hydrogens (tertiary/aromatic N) is 3. The zero-order chi connectivity index (χ0) is 23.6. The fourth-order valence-electron chi connectivity index (χ4n) is 3.19. The lowest BCUT2D eigenvalue weighted by Crippen LogP contribution is -2.13. The maximum absolute atomic E-state index is 12.6. The lowest BCUT2D eigenvalue weighted by molar-refractivity contribution is -0.384. The van der Waals surface area contributed by atoms with E-state index in [2.05, 4.69) is 5.32 Å². The third-order valence-electron chi connectivity index (χ3n) is 4.70. The largest absolute Gasteiger partial charge is 0.321 e. The molecule has 0 aliphatic heterocycles. The summed E-state index contributed by atoms with van der Waals surface area (Å²) in [6.07, 6.45) is 1.45. The van der Waals surface area contributed by atoms with E-state index in [-0.39, 0.29) is 22.0 Å². The van der Waals surface area contributed by atoms with E-state index in [0.717, 1.165) is 23.1 Å². The number of nitro groups is 1. The van der Waals surface area contributed by atoms with Crippen molar-refractivity contribution >= 4 is 58.2 Å². The van der Waals surface area contributed by atoms with Crippen molar-refractivity contribution in [1.82, 2.24) is 4.57 Å². The summed E-state index contributed by atoms with van der Waals surface area (Å²) in [5.74, 6) is -0.705. The van der Waals surface area contributed by atoms with Crippen LogP contribution in [0.25, 0.3) is 11.8 Å². The fraction of sp³-hybridized carbons (Fsp3) is 0.0909. The van der Waals surface area contributed by atoms with Gasteiger partial charge in [0.15, 0.2) is 0 Å². The van der Waals surface area contributed by atoms with Gasteiger partial charge in [-0.3, -0.25) is 14.9 Å². The molecule has 0 saturated carbocycles. The second-order valence-electron chi connectivity index (χ2n) is 6.81. The number of anilines is 1. The summed E-state index contributed by atoms with van der Waals surface area (Å²) in [4.78, 5) is 23.0. The third kappa shape index (κ3) is 4.78. The maximum Gasteiger partial charge on any atom is 0.289 e. The number of hydrogen-bond acceptors (Lipinski definition) is 4. The van der Waals surface area contributed by atoms with Gasteiger partial charge in [-0.25, -0.2) is 0 Å². The second kappa shape index (κ2) is 9.45. The average Bonchev–Trinajstić information content (AvgIpc) is 3.02. The first-order valence-corrected chi connectivity index (χ1v) is 10.3. The highest BCUT2D eigenvalue weighted by Crippen LogP contribution is 2.29. The highest BCUT2D eigenvalue weighted by Gasteiger charge is 2.17. The van der Waals surface area contributed by atoms with Gasteiger partial charge in [0.25, 0.3) is 11.6 Å². The van der Waals surface area contributed by atoms with Crippen LogP contribution in [0, 0.1) is 35.3 Å². The van der Waals surface area contributed by atoms with Gasteiger partial charge < -0.3 is 9.88 Å². The van der Waals surface area contributed by atoms with Crippen molar-refractivity contribution in [2.24, 2.45) is 0 Å². The molecule has 1 heterocycles. The highest BCUT2D eigenvalue weighted by atomic mass is 35.5. The first-order valence-electron chi connectivity index (χ1n) is 9.14. The monoisotopic (exact) mass is 488 g/mol. The molecule has 10 heteroatoms. The Morgan fingerprint density at radius 2 is 1.78 bits per heavy atom. The van der Waals surface area contributed by atoms with Gasteiger partial charge in [-0.2, -0.15) is 5.26 Å². The van der Waals surface area contributed by atoms with E-state index in [0.29, 0.717) is 15.6 Å². The molecule has 0 aliphatic carbocycles. The molecule has 0 unspecified atom stereocenters. The highest BCUT2D eigenvalue weighted by molar-refractivity contribution is 6.42. The summed E-state index contributed by atoms with van der Waals surface area (Å²) in [7, 11) is 0. The van der Waals surface area contributed by atoms with E-state index in [1.807, 2.05) is 36.6 Å². The van der Waals surface area contributed by atoms with E-state index in [1.54, 1.807) is 12.1 Å². The van der Waals surface area contributed by atoms with Crippen LogP contribution in [0.3, 0.4) is 0 Å². The summed E-state index contributed by atoms with van der Waals surface area (Å²) in [5, 5.41) is 23.8. The van der Waals surface area contributed by atoms with Crippen molar-refractivity contribution < 1.29 is 9.72 Å². The Hall–Kier alpha value is -3.31. The number of carbonyl (C=O) groups excluding carboxylic acids is 1. The van der Waals surface area contributed by atoms with Crippen LogP contribution in [0.1, 0.15) is 17.0 Å². The van der Waals surface area contributed by atoms with Crippen LogP contribution in [-0.2, 0) is 4.79 Å². The Balaban J connectivity index is 1.94. The third-order valence-corrected chi connectivity index (χ3v) is 5.76. The molecule has 0 atom stereocenters. The molecule has 0 saturated heterocycles. The lowest BCUT2D eigenvalue weighted by atomic mass is 10.1. The van der Waals surface area contributed by atoms with Crippen molar-refractivity contribution in [2.45, 2.75) is 13.8 Å². The summed E-state index contributed by atoms with van der Waals surface area (Å²) >= 11 is 17.9. The minimum atomic E-state index is -0.705. The normalized spacial score (nSPS) is 11.2. The molecule has 0 bridgehead atoms. The van der Waals surface area contributed by atoms with Crippen LogP contribution in [0.5, 0.6) is 0 Å². The number of nitriles is 1. The smallest absolute Gasteiger partial charge is 0.289 e. The van der Waals surface area contributed by atoms with Gasteiger partial charge in [-0.15, -0.1) is 0 Å². The Labute approximate surface area is 198 Å². The van der Waals surface area contributed by atoms with Crippen LogP contribution < -0.4 is 5.32 Å². The van der Waals surface area contributed by atoms with Crippen LogP contribution in [0.4, 0.5) is 11.4 Å². The van der Waals surface area contributed by atoms with Crippen molar-refractivity contribution in [3.8, 4) is 11.8 Å². The summed E-state index contributed by atoms with van der Waals surface area (Å²) in [5.41, 5.74) is 2.71. The number of nitrogens with one attached hydrogen (secondary N) is 1. The maximum atomic E-state index is 12.6. The predicted molar refractivity (Wildman–Crippen MR) is 126 cm³/mol. The molecule has 3 aromatic rings. The predicted octanol–water partition coefficient (Wildman–Crippen LogP) is 6.51. The Morgan fingerprint density at radius 1 is 1.09 bits per heavy atom. The molecule has 162 valence electrons. The van der Waals surface area contributed by atoms with E-state index in [9.17, 15) is 20.2 Å². The number of halogens is 3. The van der Waals surface area contributed by atoms with Crippen LogP contribution in [-0.4, -0.2) is 15.4 Å². The van der Waals surface area contributed by atoms with Crippen molar-refractivity contribution in [3.63, 3.8) is 0 Å². The van der Waals surface area contributed by atoms with Crippen LogP contribution in [0.2, 0.25) is 15.1 Å². The molecular formula is C22H15Cl3N4O3. The van der Waals surface area contributed by atoms with Crippen LogP contribution in [0.15, 0.2) is 48.0 Å². The Morgan fingerprint density at radius 3 is 2.41 bits per heavy atom. The zero-order valence-corrected chi connectivity index (χ0v) is 19.1. The molecule has 1 aromatic heterocycles. The number of rotatable bonds is 5. The zero-order valence-electron chi connectivity index (χ0n) is 16.8. The van der Waals surface area contributed by atoms with Gasteiger partial charge in [0.2, 0.25) is 0 Å². The minimum absolute atomic E-state index is 0.0567. The number of carbonyl (C=O) groups is 1. The molecule has 0 aliphatic rings. The standard InChI is InChI=1S/C22H15Cl3N4O3/c1-12-7-14(13(2)28(12)17-4-6-18(23)20(25)10-17)8-15(11-26)22(30)27-16-3-5-19(24)21(9-16)29(31)32/h3-10H,1-2H3,(H,27,30)/b15-8+. The minimum Gasteiger partial charge on any atom is -0.321 e. The molecular weight excluding hydrogens is 475 g/mol. The average molecular weight is 490 g/mol. The molecule has 1 amide bonds. The number of amides is 1. The van der Waals surface area contributed by atoms with E-state index in [1.165, 1.54) is 18.2 Å². The van der Waals surface area contributed by atoms with Gasteiger partial charge in [0.1, 0.15) is 16.7 Å². The van der Waals surface area contributed by atoms with E-state index < -0.39 is 10.8 Å². The van der Waals surface area contributed by atoms with Gasteiger partial charge in [0, 0.05) is 28.8 Å². The van der Waals surface area contributed by atoms with E-state index >= 15 is 0 Å². The first-order chi connectivity index (χ1) is 15.1. The van der Waals surface area contributed by atoms with Gasteiger partial charge in [-0.05, 0) is 61.9 Å². The van der Waals surface area contributed by atoms with Crippen molar-refractivity contribution in [2.75, 3.05) is 5.32 Å². The quantitative estimate of drug-likeness (QED) is 0.191. The Bertz CT molecular complexity index is 1320. The number of benzene rings is 2. The number of nitro benzene ring substituents is 1. The molecule has 0 radical (unpaired) electrons. The molecule has 0 spiro atoms. The molecule has 32 heavy (non-hydrogen) atoms. The summed E-state index contributed by atoms with van der Waals surface area (Å²) in [6.45, 7) is 3.72. The summed E-state index contributed by atoms with van der Waals surface area (Å²) < 4.78 is 1.92. The van der Waals surface area contributed by atoms with Gasteiger partial charge in [0.05, 0.1) is 15.0 Å². The molecule has 0 fully saturated rings. The van der Waals surface area contributed by atoms with Crippen LogP contribution >= 0.6 is 34.8 Å². The number of aromatic nitrogens is 1. The molecule has 2 aromatic carbocycles. The fourth-order valence-corrected chi connectivity index (χ4v) is 3.67. The SMILES string of the molecule is Cc1cc(/C=C(\C#N)C(=O)Nc2ccc(Cl)c([N+](=O)[O-])c2)c(C)n1-c1ccc(Cl)c(Cl)c1. The number of hydrogen-bond donors (Lipinski definition) is 1. The lowest BCUT2D eigenvalue weighted by Gasteiger charge is -2.10. The summed E-state index contributed by atoms with van der Waals surface area (Å²) in [6, 6.07) is 12.8. The van der Waals surface area contributed by atoms with E-state index in [4.69, 9.17) is 34.8 Å². The van der Waals surface area contributed by atoms with Gasteiger partial charge >= 0.3 is 0 Å².